The molecule has 4 nitrogen and oxygen atoms in total. The van der Waals surface area contributed by atoms with Crippen molar-refractivity contribution in [1.82, 2.24) is 5.32 Å². The Morgan fingerprint density at radius 2 is 2.12 bits per heavy atom. The fourth-order valence-electron chi connectivity index (χ4n) is 1.28. The zero-order chi connectivity index (χ0) is 12.0. The van der Waals surface area contributed by atoms with Gasteiger partial charge in [0.1, 0.15) is 5.92 Å². The second-order valence-electron chi connectivity index (χ2n) is 3.57. The number of benzene rings is 1. The molecule has 0 saturated carbocycles. The van der Waals surface area contributed by atoms with Crippen LogP contribution in [-0.4, -0.2) is 23.7 Å². The fourth-order valence-corrected chi connectivity index (χ4v) is 1.28. The fraction of sp³-hybridized carbons (Fsp3) is 0.333. The molecule has 1 unspecified atom stereocenters. The van der Waals surface area contributed by atoms with Crippen LogP contribution in [0.25, 0.3) is 0 Å². The molecule has 1 aromatic rings. The van der Waals surface area contributed by atoms with Crippen LogP contribution >= 0.6 is 0 Å². The largest absolute Gasteiger partial charge is 0.392 e. The maximum atomic E-state index is 11.6. The van der Waals surface area contributed by atoms with Gasteiger partial charge in [0.25, 0.3) is 0 Å². The van der Waals surface area contributed by atoms with Crippen molar-refractivity contribution in [1.29, 1.82) is 5.26 Å². The first-order valence-electron chi connectivity index (χ1n) is 5.05. The number of hydrogen-bond acceptors (Lipinski definition) is 3. The summed E-state index contributed by atoms with van der Waals surface area (Å²) >= 11 is 0. The van der Waals surface area contributed by atoms with Crippen LogP contribution in [0.5, 0.6) is 0 Å². The van der Waals surface area contributed by atoms with Gasteiger partial charge in [0.15, 0.2) is 0 Å². The van der Waals surface area contributed by atoms with E-state index < -0.39 is 12.0 Å². The molecule has 0 aliphatic rings. The first-order valence-corrected chi connectivity index (χ1v) is 5.05. The lowest BCUT2D eigenvalue weighted by atomic mass is 10.00. The zero-order valence-electron chi connectivity index (χ0n) is 9.05. The van der Waals surface area contributed by atoms with Crippen molar-refractivity contribution in [2.45, 2.75) is 18.9 Å². The van der Waals surface area contributed by atoms with Crippen LogP contribution in [0.4, 0.5) is 0 Å². The molecule has 4 heteroatoms. The predicted octanol–water partition coefficient (Wildman–Crippen LogP) is 0.791. The van der Waals surface area contributed by atoms with Gasteiger partial charge in [-0.15, -0.1) is 0 Å². The van der Waals surface area contributed by atoms with Crippen molar-refractivity contribution in [3.8, 4) is 6.07 Å². The number of hydrogen-bond donors (Lipinski definition) is 2. The van der Waals surface area contributed by atoms with Crippen molar-refractivity contribution in [3.63, 3.8) is 0 Å². The van der Waals surface area contributed by atoms with E-state index in [0.717, 1.165) is 0 Å². The summed E-state index contributed by atoms with van der Waals surface area (Å²) in [6, 6.07) is 10.8. The molecular formula is C12H14N2O2. The number of amides is 1. The van der Waals surface area contributed by atoms with E-state index in [1.807, 2.05) is 12.1 Å². The maximum absolute atomic E-state index is 11.6. The minimum Gasteiger partial charge on any atom is -0.392 e. The van der Waals surface area contributed by atoms with E-state index in [0.29, 0.717) is 5.56 Å². The second kappa shape index (κ2) is 5.89. The maximum Gasteiger partial charge on any atom is 0.241 e. The summed E-state index contributed by atoms with van der Waals surface area (Å²) in [4.78, 5) is 11.6. The van der Waals surface area contributed by atoms with E-state index in [4.69, 9.17) is 10.4 Å². The van der Waals surface area contributed by atoms with Gasteiger partial charge in [-0.3, -0.25) is 4.79 Å². The highest BCUT2D eigenvalue weighted by atomic mass is 16.3. The summed E-state index contributed by atoms with van der Waals surface area (Å²) in [7, 11) is 0. The third kappa shape index (κ3) is 3.37. The summed E-state index contributed by atoms with van der Waals surface area (Å²) in [6.45, 7) is 1.73. The molecule has 1 rings (SSSR count). The van der Waals surface area contributed by atoms with Crippen molar-refractivity contribution >= 4 is 5.91 Å². The molecule has 2 atom stereocenters. The Bertz CT molecular complexity index is 382. The van der Waals surface area contributed by atoms with Crippen LogP contribution in [0.1, 0.15) is 18.4 Å². The number of nitrogens with one attached hydrogen (secondary N) is 1. The van der Waals surface area contributed by atoms with Gasteiger partial charge >= 0.3 is 0 Å². The van der Waals surface area contributed by atoms with Crippen molar-refractivity contribution in [3.05, 3.63) is 35.9 Å². The smallest absolute Gasteiger partial charge is 0.241 e. The summed E-state index contributed by atoms with van der Waals surface area (Å²) in [5.74, 6) is -1.20. The Kier molecular flexibility index (Phi) is 4.49. The Balaban J connectivity index is 2.69. The lowest BCUT2D eigenvalue weighted by molar-refractivity contribution is -0.121. The van der Waals surface area contributed by atoms with Crippen LogP contribution in [0.15, 0.2) is 30.3 Å². The lowest BCUT2D eigenvalue weighted by Gasteiger charge is -2.11. The van der Waals surface area contributed by atoms with Crippen molar-refractivity contribution in [2.75, 3.05) is 6.54 Å². The zero-order valence-corrected chi connectivity index (χ0v) is 9.05. The molecule has 0 bridgehead atoms. The van der Waals surface area contributed by atoms with Crippen LogP contribution in [0.3, 0.4) is 0 Å². The Hall–Kier alpha value is -1.86. The molecule has 0 aliphatic heterocycles. The number of carbonyl (C=O) groups excluding carboxylic acids is 1. The van der Waals surface area contributed by atoms with Crippen LogP contribution in [0.2, 0.25) is 0 Å². The number of aliphatic hydroxyl groups is 1. The quantitative estimate of drug-likeness (QED) is 0.784. The highest BCUT2D eigenvalue weighted by molar-refractivity contribution is 5.86. The number of carbonyl (C=O) groups is 1. The number of aliphatic hydroxyl groups excluding tert-OH is 1. The lowest BCUT2D eigenvalue weighted by Crippen LogP contribution is -2.34. The molecule has 0 heterocycles. The predicted molar refractivity (Wildman–Crippen MR) is 59.5 cm³/mol. The molecule has 0 fully saturated rings. The van der Waals surface area contributed by atoms with E-state index in [2.05, 4.69) is 5.32 Å². The molecule has 0 aromatic heterocycles. The van der Waals surface area contributed by atoms with Gasteiger partial charge in [-0.05, 0) is 12.5 Å². The number of rotatable bonds is 4. The first-order chi connectivity index (χ1) is 7.65. The SMILES string of the molecule is C[C@@H](O)CNC(=O)C(C#N)c1ccccc1. The Labute approximate surface area is 94.5 Å². The number of nitriles is 1. The molecule has 0 saturated heterocycles. The first kappa shape index (κ1) is 12.2. The van der Waals surface area contributed by atoms with Gasteiger partial charge < -0.3 is 10.4 Å². The summed E-state index contributed by atoms with van der Waals surface area (Å²) in [5.41, 5.74) is 0.660. The van der Waals surface area contributed by atoms with E-state index in [-0.39, 0.29) is 12.5 Å². The summed E-state index contributed by atoms with van der Waals surface area (Å²) < 4.78 is 0. The molecule has 0 spiro atoms. The van der Waals surface area contributed by atoms with Gasteiger partial charge in [0, 0.05) is 6.54 Å². The standard InChI is InChI=1S/C12H14N2O2/c1-9(15)8-14-12(16)11(7-13)10-5-3-2-4-6-10/h2-6,9,11,15H,8H2,1H3,(H,14,16)/t9-,11?/m1/s1. The van der Waals surface area contributed by atoms with Crippen molar-refractivity contribution < 1.29 is 9.90 Å². The highest BCUT2D eigenvalue weighted by Gasteiger charge is 2.19. The van der Waals surface area contributed by atoms with Gasteiger partial charge in [-0.25, -0.2) is 0 Å². The Morgan fingerprint density at radius 3 is 2.62 bits per heavy atom. The third-order valence-electron chi connectivity index (χ3n) is 2.10. The molecule has 16 heavy (non-hydrogen) atoms. The average Bonchev–Trinajstić information content (AvgIpc) is 2.29. The minimum atomic E-state index is -0.819. The van der Waals surface area contributed by atoms with Crippen molar-refractivity contribution in [2.24, 2.45) is 0 Å². The van der Waals surface area contributed by atoms with Gasteiger partial charge in [0.2, 0.25) is 5.91 Å². The molecule has 0 radical (unpaired) electrons. The Morgan fingerprint density at radius 1 is 1.50 bits per heavy atom. The molecular weight excluding hydrogens is 204 g/mol. The molecule has 2 N–H and O–H groups in total. The topological polar surface area (TPSA) is 73.1 Å². The van der Waals surface area contributed by atoms with Gasteiger partial charge in [0.05, 0.1) is 12.2 Å². The highest BCUT2D eigenvalue weighted by Crippen LogP contribution is 2.14. The molecule has 0 aliphatic carbocycles. The average molecular weight is 218 g/mol. The summed E-state index contributed by atoms with van der Waals surface area (Å²) in [6.07, 6.45) is -0.612. The van der Waals surface area contributed by atoms with Crippen LogP contribution < -0.4 is 5.32 Å². The normalized spacial score (nSPS) is 13.6. The van der Waals surface area contributed by atoms with E-state index in [1.165, 1.54) is 0 Å². The van der Waals surface area contributed by atoms with Gasteiger partial charge in [-0.1, -0.05) is 30.3 Å². The van der Waals surface area contributed by atoms with Crippen LogP contribution in [0, 0.1) is 11.3 Å². The van der Waals surface area contributed by atoms with Gasteiger partial charge in [-0.2, -0.15) is 5.26 Å². The minimum absolute atomic E-state index is 0.157. The van der Waals surface area contributed by atoms with E-state index in [1.54, 1.807) is 31.2 Å². The third-order valence-corrected chi connectivity index (χ3v) is 2.10. The monoisotopic (exact) mass is 218 g/mol. The van der Waals surface area contributed by atoms with Crippen LogP contribution in [-0.2, 0) is 4.79 Å². The molecule has 1 aromatic carbocycles. The number of nitrogens with zero attached hydrogens (tertiary/aromatic N) is 1. The van der Waals surface area contributed by atoms with E-state index in [9.17, 15) is 4.79 Å². The van der Waals surface area contributed by atoms with E-state index >= 15 is 0 Å². The summed E-state index contributed by atoms with van der Waals surface area (Å²) in [5, 5.41) is 20.5. The molecule has 1 amide bonds. The second-order valence-corrected chi connectivity index (χ2v) is 3.57. The molecule has 84 valence electrons.